The molecule has 1 aliphatic heterocycles. The second kappa shape index (κ2) is 6.22. The molecule has 0 spiro atoms. The summed E-state index contributed by atoms with van der Waals surface area (Å²) >= 11 is 0. The molecule has 0 bridgehead atoms. The van der Waals surface area contributed by atoms with Crippen LogP contribution in [0, 0.1) is 0 Å². The Balaban J connectivity index is 2.02. The summed E-state index contributed by atoms with van der Waals surface area (Å²) in [4.78, 5) is 5.54. The molecule has 0 fully saturated rings. The summed E-state index contributed by atoms with van der Waals surface area (Å²) < 4.78 is 5.21. The van der Waals surface area contributed by atoms with Crippen LogP contribution in [0.4, 0.5) is 5.69 Å². The monoisotopic (exact) mass is 312 g/mol. The van der Waals surface area contributed by atoms with Gasteiger partial charge >= 0.3 is 0 Å². The van der Waals surface area contributed by atoms with Gasteiger partial charge in [0.1, 0.15) is 23.3 Å². The predicted octanol–water partition coefficient (Wildman–Crippen LogP) is 3.45. The van der Waals surface area contributed by atoms with Crippen molar-refractivity contribution in [2.24, 2.45) is 0 Å². The van der Waals surface area contributed by atoms with Crippen LogP contribution in [0.15, 0.2) is 48.2 Å². The zero-order chi connectivity index (χ0) is 16.4. The largest absolute Gasteiger partial charge is 0.508 e. The number of rotatable bonds is 4. The van der Waals surface area contributed by atoms with Gasteiger partial charge in [-0.1, -0.05) is 12.1 Å². The number of phenols is 1. The highest BCUT2D eigenvalue weighted by atomic mass is 16.7. The highest BCUT2D eigenvalue weighted by Gasteiger charge is 2.30. The topological polar surface area (TPSA) is 62.8 Å². The van der Waals surface area contributed by atoms with E-state index >= 15 is 0 Å². The van der Waals surface area contributed by atoms with Crippen LogP contribution >= 0.6 is 0 Å². The van der Waals surface area contributed by atoms with E-state index in [1.807, 2.05) is 50.4 Å². The second-order valence-electron chi connectivity index (χ2n) is 5.37. The number of methoxy groups -OCH3 is 1. The molecule has 1 heterocycles. The fourth-order valence-electron chi connectivity index (χ4n) is 2.77. The number of hydrogen-bond donors (Lipinski definition) is 3. The van der Waals surface area contributed by atoms with Crippen LogP contribution in [0.25, 0.3) is 5.57 Å². The molecule has 3 N–H and O–H groups in total. The van der Waals surface area contributed by atoms with Crippen LogP contribution in [0.1, 0.15) is 24.1 Å². The number of aromatic hydroxyl groups is 1. The highest BCUT2D eigenvalue weighted by molar-refractivity contribution is 5.75. The molecular weight excluding hydrogens is 292 g/mol. The van der Waals surface area contributed by atoms with Crippen molar-refractivity contribution in [1.82, 2.24) is 5.48 Å². The number of allylic oxidation sites excluding steroid dienone is 1. The molecule has 5 heteroatoms. The van der Waals surface area contributed by atoms with Crippen molar-refractivity contribution >= 4 is 11.3 Å². The summed E-state index contributed by atoms with van der Waals surface area (Å²) in [6.07, 6.45) is 0. The summed E-state index contributed by atoms with van der Waals surface area (Å²) in [5.41, 5.74) is 6.71. The number of hydroxylamine groups is 1. The van der Waals surface area contributed by atoms with E-state index in [0.717, 1.165) is 33.9 Å². The second-order valence-corrected chi connectivity index (χ2v) is 5.37. The summed E-state index contributed by atoms with van der Waals surface area (Å²) in [5, 5.41) is 13.3. The average Bonchev–Trinajstić information content (AvgIpc) is 2.97. The van der Waals surface area contributed by atoms with Crippen molar-refractivity contribution in [2.45, 2.75) is 13.0 Å². The zero-order valence-electron chi connectivity index (χ0n) is 13.4. The lowest BCUT2D eigenvalue weighted by atomic mass is 9.92. The quantitative estimate of drug-likeness (QED) is 0.755. The molecule has 120 valence electrons. The molecule has 0 saturated carbocycles. The molecule has 0 aliphatic carbocycles. The minimum atomic E-state index is -0.239. The van der Waals surface area contributed by atoms with Gasteiger partial charge in [-0.15, -0.1) is 5.48 Å². The van der Waals surface area contributed by atoms with E-state index in [1.54, 1.807) is 13.2 Å². The van der Waals surface area contributed by atoms with Gasteiger partial charge in [-0.25, -0.2) is 0 Å². The summed E-state index contributed by atoms with van der Waals surface area (Å²) in [6, 6.07) is 13.0. The number of hydrogen-bond acceptors (Lipinski definition) is 5. The van der Waals surface area contributed by atoms with Gasteiger partial charge in [-0.05, 0) is 42.8 Å². The Labute approximate surface area is 135 Å². The van der Waals surface area contributed by atoms with Crippen molar-refractivity contribution in [2.75, 3.05) is 19.5 Å². The molecule has 1 atom stereocenters. The highest BCUT2D eigenvalue weighted by Crippen LogP contribution is 2.41. The summed E-state index contributed by atoms with van der Waals surface area (Å²) in [5.74, 6) is 1.82. The van der Waals surface area contributed by atoms with E-state index in [1.165, 1.54) is 0 Å². The first-order valence-electron chi connectivity index (χ1n) is 7.42. The number of anilines is 1. The molecular formula is C18H20N2O3. The SMILES string of the molecule is CNc1ccc(O)c(C2NOC(C)=C2c2ccc(OC)cc2)c1. The lowest BCUT2D eigenvalue weighted by Crippen LogP contribution is -2.15. The third-order valence-corrected chi connectivity index (χ3v) is 4.03. The third-order valence-electron chi connectivity index (χ3n) is 4.03. The number of nitrogens with one attached hydrogen (secondary N) is 2. The Morgan fingerprint density at radius 3 is 2.57 bits per heavy atom. The summed E-state index contributed by atoms with van der Waals surface area (Å²) in [6.45, 7) is 1.91. The van der Waals surface area contributed by atoms with Crippen LogP contribution in [0.3, 0.4) is 0 Å². The third kappa shape index (κ3) is 2.83. The van der Waals surface area contributed by atoms with Crippen molar-refractivity contribution in [3.8, 4) is 11.5 Å². The maximum Gasteiger partial charge on any atom is 0.127 e. The predicted molar refractivity (Wildman–Crippen MR) is 90.2 cm³/mol. The van der Waals surface area contributed by atoms with Crippen molar-refractivity contribution in [1.29, 1.82) is 0 Å². The normalized spacial score (nSPS) is 17.1. The maximum absolute atomic E-state index is 10.3. The van der Waals surface area contributed by atoms with Crippen LogP contribution in [0.5, 0.6) is 11.5 Å². The van der Waals surface area contributed by atoms with E-state index in [-0.39, 0.29) is 11.8 Å². The van der Waals surface area contributed by atoms with Crippen molar-refractivity contribution in [3.05, 3.63) is 59.4 Å². The standard InChI is InChI=1S/C18H20N2O3/c1-11-17(12-4-7-14(22-3)8-5-12)18(20-23-11)15-10-13(19-2)6-9-16(15)21/h4-10,18-21H,1-3H3. The zero-order valence-corrected chi connectivity index (χ0v) is 13.4. The Morgan fingerprint density at radius 1 is 1.17 bits per heavy atom. The van der Waals surface area contributed by atoms with Gasteiger partial charge in [0.25, 0.3) is 0 Å². The van der Waals surface area contributed by atoms with E-state index in [9.17, 15) is 5.11 Å². The van der Waals surface area contributed by atoms with Gasteiger partial charge < -0.3 is 20.0 Å². The molecule has 1 unspecified atom stereocenters. The number of ether oxygens (including phenoxy) is 1. The first-order chi connectivity index (χ1) is 11.1. The summed E-state index contributed by atoms with van der Waals surface area (Å²) in [7, 11) is 3.49. The lowest BCUT2D eigenvalue weighted by molar-refractivity contribution is 0.117. The van der Waals surface area contributed by atoms with Crippen LogP contribution in [-0.4, -0.2) is 19.3 Å². The Kier molecular flexibility index (Phi) is 4.12. The van der Waals surface area contributed by atoms with Gasteiger partial charge in [0.15, 0.2) is 0 Å². The van der Waals surface area contributed by atoms with Crippen LogP contribution in [-0.2, 0) is 4.84 Å². The molecule has 0 amide bonds. The maximum atomic E-state index is 10.3. The Hall–Kier alpha value is -2.66. The molecule has 0 radical (unpaired) electrons. The molecule has 5 nitrogen and oxygen atoms in total. The smallest absolute Gasteiger partial charge is 0.127 e. The number of phenolic OH excluding ortho intramolecular Hbond substituents is 1. The molecule has 3 rings (SSSR count). The molecule has 2 aromatic rings. The van der Waals surface area contributed by atoms with Gasteiger partial charge in [-0.3, -0.25) is 0 Å². The van der Waals surface area contributed by atoms with Crippen molar-refractivity contribution in [3.63, 3.8) is 0 Å². The molecule has 23 heavy (non-hydrogen) atoms. The molecule has 2 aromatic carbocycles. The first-order valence-corrected chi connectivity index (χ1v) is 7.42. The minimum absolute atomic E-state index is 0.228. The van der Waals surface area contributed by atoms with E-state index in [0.29, 0.717) is 0 Å². The Bertz CT molecular complexity index is 738. The molecule has 0 saturated heterocycles. The Morgan fingerprint density at radius 2 is 1.91 bits per heavy atom. The van der Waals surface area contributed by atoms with Crippen molar-refractivity contribution < 1.29 is 14.7 Å². The fraction of sp³-hybridized carbons (Fsp3) is 0.222. The van der Waals surface area contributed by atoms with Gasteiger partial charge in [0.05, 0.1) is 7.11 Å². The van der Waals surface area contributed by atoms with Gasteiger partial charge in [0.2, 0.25) is 0 Å². The van der Waals surface area contributed by atoms with E-state index in [4.69, 9.17) is 9.57 Å². The average molecular weight is 312 g/mol. The van der Waals surface area contributed by atoms with Crippen LogP contribution < -0.4 is 15.5 Å². The van der Waals surface area contributed by atoms with Gasteiger partial charge in [-0.2, -0.15) is 0 Å². The van der Waals surface area contributed by atoms with E-state index < -0.39 is 0 Å². The molecule has 1 aliphatic rings. The van der Waals surface area contributed by atoms with Gasteiger partial charge in [0, 0.05) is 23.9 Å². The van der Waals surface area contributed by atoms with E-state index in [2.05, 4.69) is 10.8 Å². The molecule has 0 aromatic heterocycles. The minimum Gasteiger partial charge on any atom is -0.508 e. The van der Waals surface area contributed by atoms with Crippen LogP contribution in [0.2, 0.25) is 0 Å². The number of benzene rings is 2. The first kappa shape index (κ1) is 15.2. The fourth-order valence-corrected chi connectivity index (χ4v) is 2.77. The lowest BCUT2D eigenvalue weighted by Gasteiger charge is -2.17.